The van der Waals surface area contributed by atoms with E-state index >= 15 is 0 Å². The molecule has 2 N–H and O–H groups in total. The van der Waals surface area contributed by atoms with Crippen LogP contribution in [0, 0.1) is 5.82 Å². The number of carboxylic acids is 1. The number of fused-ring (bicyclic) bond motifs is 1. The van der Waals surface area contributed by atoms with Crippen molar-refractivity contribution in [2.24, 2.45) is 0 Å². The second-order valence-corrected chi connectivity index (χ2v) is 10.2. The molecule has 5 aromatic carbocycles. The average molecular weight is 588 g/mol. The highest BCUT2D eigenvalue weighted by Gasteiger charge is 2.33. The van der Waals surface area contributed by atoms with Crippen molar-refractivity contribution in [3.8, 4) is 5.75 Å². The molecule has 1 unspecified atom stereocenters. The Bertz CT molecular complexity index is 1670. The Kier molecular flexibility index (Phi) is 8.53. The smallest absolute Gasteiger partial charge is 0.327 e. The number of carbonyl (C=O) groups is 2. The van der Waals surface area contributed by atoms with Gasteiger partial charge in [0.05, 0.1) is 15.6 Å². The predicted octanol–water partition coefficient (Wildman–Crippen LogP) is 7.88. The van der Waals surface area contributed by atoms with Gasteiger partial charge in [-0.2, -0.15) is 0 Å². The summed E-state index contributed by atoms with van der Waals surface area (Å²) in [6.45, 7) is 0.0344. The molecule has 0 bridgehead atoms. The lowest BCUT2D eigenvalue weighted by atomic mass is 9.84. The van der Waals surface area contributed by atoms with Gasteiger partial charge in [-0.15, -0.1) is 0 Å². The van der Waals surface area contributed by atoms with E-state index in [4.69, 9.17) is 27.9 Å². The van der Waals surface area contributed by atoms with E-state index in [1.165, 1.54) is 24.3 Å². The lowest BCUT2D eigenvalue weighted by Gasteiger charge is -2.26. The maximum Gasteiger partial charge on any atom is 0.327 e. The summed E-state index contributed by atoms with van der Waals surface area (Å²) in [4.78, 5) is 26.4. The van der Waals surface area contributed by atoms with Crippen LogP contribution < -0.4 is 10.1 Å². The average Bonchev–Trinajstić information content (AvgIpc) is 2.98. The van der Waals surface area contributed by atoms with Gasteiger partial charge in [-0.3, -0.25) is 4.79 Å². The van der Waals surface area contributed by atoms with E-state index in [0.29, 0.717) is 26.4 Å². The van der Waals surface area contributed by atoms with Crippen LogP contribution in [0.1, 0.15) is 33.0 Å². The van der Waals surface area contributed by atoms with Gasteiger partial charge in [0.2, 0.25) is 0 Å². The number of rotatable bonds is 9. The number of carboxylic acid groups (broad SMARTS) is 1. The molecule has 0 heterocycles. The highest BCUT2D eigenvalue weighted by atomic mass is 35.5. The first-order valence-electron chi connectivity index (χ1n) is 12.7. The summed E-state index contributed by atoms with van der Waals surface area (Å²) in [5.74, 6) is -2.77. The molecule has 1 amide bonds. The van der Waals surface area contributed by atoms with Crippen molar-refractivity contribution in [3.63, 3.8) is 0 Å². The Morgan fingerprint density at radius 2 is 1.46 bits per heavy atom. The SMILES string of the molecule is O=C(NC(C(=O)O)C(c1ccccc1)c1ccccc1)c1ccc2cc(F)ccc2c1OCc1ccc(Cl)c(Cl)c1. The number of ether oxygens (including phenoxy) is 1. The van der Waals surface area contributed by atoms with E-state index in [1.54, 1.807) is 24.3 Å². The molecule has 41 heavy (non-hydrogen) atoms. The second kappa shape index (κ2) is 12.4. The van der Waals surface area contributed by atoms with Gasteiger partial charge in [-0.25, -0.2) is 9.18 Å². The van der Waals surface area contributed by atoms with Gasteiger partial charge in [0.1, 0.15) is 24.2 Å². The van der Waals surface area contributed by atoms with Crippen LogP contribution in [-0.2, 0) is 11.4 Å². The summed E-state index contributed by atoms with van der Waals surface area (Å²) in [5, 5.41) is 14.8. The highest BCUT2D eigenvalue weighted by Crippen LogP contribution is 2.34. The number of aliphatic carboxylic acids is 1. The first kappa shape index (κ1) is 28.1. The minimum atomic E-state index is -1.31. The summed E-state index contributed by atoms with van der Waals surface area (Å²) < 4.78 is 20.2. The van der Waals surface area contributed by atoms with Crippen molar-refractivity contribution >= 4 is 45.9 Å². The molecule has 0 aliphatic rings. The second-order valence-electron chi connectivity index (χ2n) is 9.43. The molecule has 206 valence electrons. The van der Waals surface area contributed by atoms with Crippen LogP contribution in [-0.4, -0.2) is 23.0 Å². The fraction of sp³-hybridized carbons (Fsp3) is 0.0909. The number of nitrogens with one attached hydrogen (secondary N) is 1. The minimum Gasteiger partial charge on any atom is -0.487 e. The standard InChI is InChI=1S/C33H24Cl2FNO4/c34-27-16-11-20(17-28(27)35)19-41-31-25-15-13-24(36)18-23(25)12-14-26(31)32(38)37-30(33(39)40)29(21-7-3-1-4-8-21)22-9-5-2-6-10-22/h1-18,29-30H,19H2,(H,37,38)(H,39,40). The number of hydrogen-bond acceptors (Lipinski definition) is 3. The number of amides is 1. The summed E-state index contributed by atoms with van der Waals surface area (Å²) in [6, 6.07) is 29.3. The molecule has 0 spiro atoms. The van der Waals surface area contributed by atoms with Crippen molar-refractivity contribution < 1.29 is 23.8 Å². The Labute approximate surface area is 246 Å². The summed E-state index contributed by atoms with van der Waals surface area (Å²) in [7, 11) is 0. The molecule has 8 heteroatoms. The third kappa shape index (κ3) is 6.35. The quantitative estimate of drug-likeness (QED) is 0.184. The fourth-order valence-corrected chi connectivity index (χ4v) is 5.12. The first-order chi connectivity index (χ1) is 19.8. The Balaban J connectivity index is 1.53. The molecule has 5 nitrogen and oxygen atoms in total. The minimum absolute atomic E-state index is 0.0344. The van der Waals surface area contributed by atoms with Crippen LogP contribution in [0.15, 0.2) is 109 Å². The fourth-order valence-electron chi connectivity index (χ4n) is 4.80. The monoisotopic (exact) mass is 587 g/mol. The third-order valence-corrected chi connectivity index (χ3v) is 7.49. The zero-order valence-corrected chi connectivity index (χ0v) is 23.1. The lowest BCUT2D eigenvalue weighted by Crippen LogP contribution is -2.45. The molecule has 0 fully saturated rings. The number of hydrogen-bond donors (Lipinski definition) is 2. The van der Waals surface area contributed by atoms with Crippen molar-refractivity contribution in [2.75, 3.05) is 0 Å². The summed E-state index contributed by atoms with van der Waals surface area (Å²) in [6.07, 6.45) is 0. The molecule has 5 rings (SSSR count). The third-order valence-electron chi connectivity index (χ3n) is 6.75. The molecule has 0 aliphatic heterocycles. The van der Waals surface area contributed by atoms with Crippen LogP contribution in [0.4, 0.5) is 4.39 Å². The number of halogens is 3. The van der Waals surface area contributed by atoms with Crippen LogP contribution in [0.2, 0.25) is 10.0 Å². The Morgan fingerprint density at radius 3 is 2.07 bits per heavy atom. The van der Waals surface area contributed by atoms with Gasteiger partial charge in [-0.1, -0.05) is 96.0 Å². The molecule has 0 saturated heterocycles. The highest BCUT2D eigenvalue weighted by molar-refractivity contribution is 6.42. The zero-order chi connectivity index (χ0) is 28.9. The Morgan fingerprint density at radius 1 is 0.805 bits per heavy atom. The van der Waals surface area contributed by atoms with Gasteiger partial charge >= 0.3 is 5.97 Å². The molecule has 0 aromatic heterocycles. The van der Waals surface area contributed by atoms with E-state index in [-0.39, 0.29) is 17.9 Å². The molecular formula is C33H24Cl2FNO4. The van der Waals surface area contributed by atoms with Crippen LogP contribution in [0.25, 0.3) is 10.8 Å². The normalized spacial score (nSPS) is 11.8. The van der Waals surface area contributed by atoms with Crippen LogP contribution >= 0.6 is 23.2 Å². The van der Waals surface area contributed by atoms with Crippen molar-refractivity contribution in [1.29, 1.82) is 0 Å². The molecule has 0 radical (unpaired) electrons. The van der Waals surface area contributed by atoms with Crippen LogP contribution in [0.5, 0.6) is 5.75 Å². The van der Waals surface area contributed by atoms with E-state index in [1.807, 2.05) is 60.7 Å². The first-order valence-corrected chi connectivity index (χ1v) is 13.5. The topological polar surface area (TPSA) is 75.6 Å². The molecule has 1 atom stereocenters. The molecule has 0 aliphatic carbocycles. The predicted molar refractivity (Wildman–Crippen MR) is 158 cm³/mol. The van der Waals surface area contributed by atoms with E-state index in [2.05, 4.69) is 5.32 Å². The molecule has 5 aromatic rings. The maximum atomic E-state index is 14.0. The van der Waals surface area contributed by atoms with Gasteiger partial charge in [0.25, 0.3) is 5.91 Å². The van der Waals surface area contributed by atoms with Gasteiger partial charge in [0.15, 0.2) is 0 Å². The molecule has 0 saturated carbocycles. The number of carbonyl (C=O) groups excluding carboxylic acids is 1. The van der Waals surface area contributed by atoms with Crippen molar-refractivity contribution in [2.45, 2.75) is 18.6 Å². The largest absolute Gasteiger partial charge is 0.487 e. The lowest BCUT2D eigenvalue weighted by molar-refractivity contribution is -0.139. The van der Waals surface area contributed by atoms with Crippen molar-refractivity contribution in [3.05, 3.63) is 147 Å². The van der Waals surface area contributed by atoms with Crippen molar-refractivity contribution in [1.82, 2.24) is 5.32 Å². The van der Waals surface area contributed by atoms with Gasteiger partial charge in [-0.05, 0) is 58.5 Å². The maximum absolute atomic E-state index is 14.0. The number of benzene rings is 5. The zero-order valence-electron chi connectivity index (χ0n) is 21.6. The molecular weight excluding hydrogens is 564 g/mol. The van der Waals surface area contributed by atoms with E-state index in [9.17, 15) is 19.1 Å². The van der Waals surface area contributed by atoms with Gasteiger partial charge in [0, 0.05) is 11.3 Å². The van der Waals surface area contributed by atoms with Crippen LogP contribution in [0.3, 0.4) is 0 Å². The summed E-state index contributed by atoms with van der Waals surface area (Å²) in [5.41, 5.74) is 2.27. The van der Waals surface area contributed by atoms with E-state index in [0.717, 1.165) is 11.1 Å². The van der Waals surface area contributed by atoms with Gasteiger partial charge < -0.3 is 15.2 Å². The van der Waals surface area contributed by atoms with E-state index < -0.39 is 29.7 Å². The Hall–Kier alpha value is -4.39. The summed E-state index contributed by atoms with van der Waals surface area (Å²) >= 11 is 12.2.